The lowest BCUT2D eigenvalue weighted by molar-refractivity contribution is -0.141. The highest BCUT2D eigenvalue weighted by Crippen LogP contribution is 2.44. The molecule has 226 valence electrons. The van der Waals surface area contributed by atoms with Crippen LogP contribution in [0.1, 0.15) is 41.5 Å². The Bertz CT molecular complexity index is 1530. The van der Waals surface area contributed by atoms with Crippen LogP contribution in [-0.4, -0.2) is 53.3 Å². The maximum atomic E-state index is 14.0. The molecule has 8 nitrogen and oxygen atoms in total. The third-order valence-electron chi connectivity index (χ3n) is 7.83. The minimum atomic E-state index is -1.12. The number of ether oxygens (including phenoxy) is 2. The number of hydrogen-bond donors (Lipinski definition) is 2. The number of carbonyl (C=O) groups is 3. The Morgan fingerprint density at radius 2 is 1.34 bits per heavy atom. The first-order valence-electron chi connectivity index (χ1n) is 14.7. The van der Waals surface area contributed by atoms with Crippen molar-refractivity contribution in [3.8, 4) is 11.1 Å². The van der Waals surface area contributed by atoms with Crippen LogP contribution in [0.2, 0.25) is 0 Å². The Morgan fingerprint density at radius 1 is 0.795 bits per heavy atom. The Kier molecular flexibility index (Phi) is 10.0. The number of hydrogen-bond acceptors (Lipinski definition) is 5. The molecule has 0 bridgehead atoms. The molecule has 0 fully saturated rings. The lowest BCUT2D eigenvalue weighted by Crippen LogP contribution is -2.54. The van der Waals surface area contributed by atoms with Gasteiger partial charge in [0.05, 0.1) is 19.1 Å². The molecule has 0 aliphatic heterocycles. The van der Waals surface area contributed by atoms with Crippen LogP contribution in [0.25, 0.3) is 11.1 Å². The Balaban J connectivity index is 1.33. The first-order chi connectivity index (χ1) is 21.4. The zero-order chi connectivity index (χ0) is 30.9. The van der Waals surface area contributed by atoms with Crippen LogP contribution in [0.3, 0.4) is 0 Å². The molecule has 4 aromatic rings. The SMILES string of the molecule is CC(OCc1ccccc1)C(NC(=O)OCC1c2ccccc2-c2ccccc21)C(=O)N(CCC(=O)O)Cc1ccccc1. The summed E-state index contributed by atoms with van der Waals surface area (Å²) in [6.45, 7) is 2.18. The summed E-state index contributed by atoms with van der Waals surface area (Å²) in [5.41, 5.74) is 6.14. The zero-order valence-corrected chi connectivity index (χ0v) is 24.6. The number of carboxylic acid groups (broad SMARTS) is 1. The van der Waals surface area contributed by atoms with Crippen LogP contribution in [0.5, 0.6) is 0 Å². The molecule has 1 aliphatic carbocycles. The normalized spacial score (nSPS) is 13.3. The maximum absolute atomic E-state index is 14.0. The van der Waals surface area contributed by atoms with Gasteiger partial charge in [-0.3, -0.25) is 9.59 Å². The molecule has 0 radical (unpaired) electrons. The number of carboxylic acids is 1. The van der Waals surface area contributed by atoms with Crippen LogP contribution in [-0.2, 0) is 32.2 Å². The lowest BCUT2D eigenvalue weighted by Gasteiger charge is -2.31. The average molecular weight is 593 g/mol. The number of rotatable bonds is 13. The number of aliphatic carboxylic acids is 1. The third-order valence-corrected chi connectivity index (χ3v) is 7.83. The highest BCUT2D eigenvalue weighted by atomic mass is 16.5. The van der Waals surface area contributed by atoms with E-state index in [1.807, 2.05) is 97.1 Å². The molecular formula is C36H36N2O6. The van der Waals surface area contributed by atoms with Gasteiger partial charge in [0.25, 0.3) is 0 Å². The summed E-state index contributed by atoms with van der Waals surface area (Å²) in [7, 11) is 0. The van der Waals surface area contributed by atoms with Gasteiger partial charge in [0.15, 0.2) is 0 Å². The van der Waals surface area contributed by atoms with Crippen molar-refractivity contribution in [2.24, 2.45) is 0 Å². The molecule has 0 saturated carbocycles. The van der Waals surface area contributed by atoms with E-state index in [4.69, 9.17) is 9.47 Å². The van der Waals surface area contributed by atoms with E-state index in [1.165, 1.54) is 4.90 Å². The molecule has 44 heavy (non-hydrogen) atoms. The van der Waals surface area contributed by atoms with Crippen LogP contribution in [0, 0.1) is 0 Å². The van der Waals surface area contributed by atoms with Gasteiger partial charge in [0.1, 0.15) is 12.6 Å². The Morgan fingerprint density at radius 3 is 1.93 bits per heavy atom. The lowest BCUT2D eigenvalue weighted by atomic mass is 9.98. The van der Waals surface area contributed by atoms with Crippen molar-refractivity contribution < 1.29 is 29.0 Å². The van der Waals surface area contributed by atoms with Crippen LogP contribution in [0.15, 0.2) is 109 Å². The highest BCUT2D eigenvalue weighted by molar-refractivity contribution is 5.87. The summed E-state index contributed by atoms with van der Waals surface area (Å²) < 4.78 is 11.8. The van der Waals surface area contributed by atoms with E-state index in [-0.39, 0.29) is 38.6 Å². The van der Waals surface area contributed by atoms with Gasteiger partial charge in [0.2, 0.25) is 5.91 Å². The second-order valence-corrected chi connectivity index (χ2v) is 10.8. The molecular weight excluding hydrogens is 556 g/mol. The van der Waals surface area contributed by atoms with Gasteiger partial charge in [-0.15, -0.1) is 0 Å². The standard InChI is InChI=1S/C36H36N2O6/c1-25(43-23-27-14-6-3-7-15-27)34(35(41)38(21-20-33(39)40)22-26-12-4-2-5-13-26)37-36(42)44-24-32-30-18-10-8-16-28(30)29-17-9-11-19-31(29)32/h2-19,25,32,34H,20-24H2,1H3,(H,37,42)(H,39,40). The summed E-state index contributed by atoms with van der Waals surface area (Å²) >= 11 is 0. The van der Waals surface area contributed by atoms with Crippen molar-refractivity contribution in [1.29, 1.82) is 0 Å². The van der Waals surface area contributed by atoms with E-state index in [0.717, 1.165) is 33.4 Å². The van der Waals surface area contributed by atoms with E-state index < -0.39 is 30.1 Å². The number of nitrogens with one attached hydrogen (secondary N) is 1. The number of amides is 2. The van der Waals surface area contributed by atoms with E-state index in [9.17, 15) is 19.5 Å². The fourth-order valence-electron chi connectivity index (χ4n) is 5.54. The molecule has 8 heteroatoms. The monoisotopic (exact) mass is 592 g/mol. The van der Waals surface area contributed by atoms with Gasteiger partial charge in [-0.2, -0.15) is 0 Å². The number of fused-ring (bicyclic) bond motifs is 3. The van der Waals surface area contributed by atoms with Crippen molar-refractivity contribution in [2.75, 3.05) is 13.2 Å². The Labute approximate surface area is 257 Å². The summed E-state index contributed by atoms with van der Waals surface area (Å²) in [5.74, 6) is -1.62. The highest BCUT2D eigenvalue weighted by Gasteiger charge is 2.34. The van der Waals surface area contributed by atoms with Gasteiger partial charge in [-0.25, -0.2) is 4.79 Å². The fourth-order valence-corrected chi connectivity index (χ4v) is 5.54. The second kappa shape index (κ2) is 14.5. The molecule has 1 aliphatic rings. The first-order valence-corrected chi connectivity index (χ1v) is 14.7. The number of alkyl carbamates (subject to hydrolysis) is 1. The number of benzene rings is 4. The first kappa shape index (κ1) is 30.5. The van der Waals surface area contributed by atoms with E-state index >= 15 is 0 Å². The van der Waals surface area contributed by atoms with Gasteiger partial charge < -0.3 is 24.8 Å². The fraction of sp³-hybridized carbons (Fsp3) is 0.250. The van der Waals surface area contributed by atoms with Crippen molar-refractivity contribution in [3.05, 3.63) is 131 Å². The van der Waals surface area contributed by atoms with Crippen molar-refractivity contribution in [2.45, 2.75) is 44.6 Å². The molecule has 5 rings (SSSR count). The number of nitrogens with zero attached hydrogens (tertiary/aromatic N) is 1. The molecule has 0 heterocycles. The Hall–Kier alpha value is -4.95. The van der Waals surface area contributed by atoms with E-state index in [1.54, 1.807) is 6.92 Å². The van der Waals surface area contributed by atoms with Crippen LogP contribution in [0.4, 0.5) is 4.79 Å². The molecule has 2 atom stereocenters. The summed E-state index contributed by atoms with van der Waals surface area (Å²) in [4.78, 5) is 40.2. The minimum Gasteiger partial charge on any atom is -0.481 e. The predicted molar refractivity (Wildman–Crippen MR) is 167 cm³/mol. The topological polar surface area (TPSA) is 105 Å². The van der Waals surface area contributed by atoms with Crippen molar-refractivity contribution >= 4 is 18.0 Å². The van der Waals surface area contributed by atoms with Gasteiger partial charge in [-0.05, 0) is 40.3 Å². The summed E-state index contributed by atoms with van der Waals surface area (Å²) in [6, 6.07) is 33.8. The van der Waals surface area contributed by atoms with Crippen LogP contribution < -0.4 is 5.32 Å². The van der Waals surface area contributed by atoms with E-state index in [2.05, 4.69) is 17.4 Å². The third kappa shape index (κ3) is 7.51. The van der Waals surface area contributed by atoms with Gasteiger partial charge in [0, 0.05) is 19.0 Å². The van der Waals surface area contributed by atoms with Crippen LogP contribution >= 0.6 is 0 Å². The zero-order valence-electron chi connectivity index (χ0n) is 24.6. The summed E-state index contributed by atoms with van der Waals surface area (Å²) in [5, 5.41) is 12.1. The predicted octanol–water partition coefficient (Wildman–Crippen LogP) is 6.00. The van der Waals surface area contributed by atoms with E-state index in [0.29, 0.717) is 0 Å². The van der Waals surface area contributed by atoms with Crippen molar-refractivity contribution in [3.63, 3.8) is 0 Å². The molecule has 2 amide bonds. The van der Waals surface area contributed by atoms with Gasteiger partial charge >= 0.3 is 12.1 Å². The molecule has 4 aromatic carbocycles. The van der Waals surface area contributed by atoms with Crippen molar-refractivity contribution in [1.82, 2.24) is 10.2 Å². The smallest absolute Gasteiger partial charge is 0.407 e. The number of carbonyl (C=O) groups excluding carboxylic acids is 2. The molecule has 2 unspecified atom stereocenters. The summed E-state index contributed by atoms with van der Waals surface area (Å²) in [6.07, 6.45) is -1.74. The largest absolute Gasteiger partial charge is 0.481 e. The average Bonchev–Trinajstić information content (AvgIpc) is 3.37. The second-order valence-electron chi connectivity index (χ2n) is 10.8. The van der Waals surface area contributed by atoms with Gasteiger partial charge in [-0.1, -0.05) is 109 Å². The molecule has 0 saturated heterocycles. The minimum absolute atomic E-state index is 0.0304. The quantitative estimate of drug-likeness (QED) is 0.197. The molecule has 0 spiro atoms. The molecule has 0 aromatic heterocycles. The maximum Gasteiger partial charge on any atom is 0.407 e. The molecule has 2 N–H and O–H groups in total.